The lowest BCUT2D eigenvalue weighted by molar-refractivity contribution is 0.621. The fraction of sp³-hybridized carbons (Fsp3) is 0.0952. The maximum Gasteiger partial charge on any atom is 0.290 e. The first kappa shape index (κ1) is 17.4. The third kappa shape index (κ3) is 3.48. The minimum atomic E-state index is -0.155. The highest BCUT2D eigenvalue weighted by atomic mass is 79.9. The molecule has 0 aliphatic rings. The topological polar surface area (TPSA) is 59.8 Å². The van der Waals surface area contributed by atoms with Crippen LogP contribution in [-0.4, -0.2) is 14.8 Å². The summed E-state index contributed by atoms with van der Waals surface area (Å²) in [6, 6.07) is 19.4. The summed E-state index contributed by atoms with van der Waals surface area (Å²) in [5.74, 6) is 0. The van der Waals surface area contributed by atoms with Gasteiger partial charge < -0.3 is 5.32 Å². The number of para-hydroxylation sites is 1. The SMILES string of the molecule is CCn1nc(-c2cccc(Br)c2)cc(Nc2ccnc3ccccc23)c1=O. The molecule has 0 amide bonds. The van der Waals surface area contributed by atoms with Gasteiger partial charge in [-0.25, -0.2) is 4.68 Å². The number of nitrogens with zero attached hydrogens (tertiary/aromatic N) is 3. The van der Waals surface area contributed by atoms with Gasteiger partial charge in [0.25, 0.3) is 5.56 Å². The molecular weight excluding hydrogens is 404 g/mol. The quantitative estimate of drug-likeness (QED) is 0.505. The van der Waals surface area contributed by atoms with Crippen molar-refractivity contribution in [1.82, 2.24) is 14.8 Å². The van der Waals surface area contributed by atoms with E-state index in [2.05, 4.69) is 31.3 Å². The van der Waals surface area contributed by atoms with Crippen LogP contribution in [0.5, 0.6) is 0 Å². The molecule has 2 aromatic carbocycles. The molecule has 5 nitrogen and oxygen atoms in total. The van der Waals surface area contributed by atoms with Gasteiger partial charge in [-0.3, -0.25) is 9.78 Å². The summed E-state index contributed by atoms with van der Waals surface area (Å²) in [5.41, 5.74) is 3.72. The Hall–Kier alpha value is -2.99. The first-order valence-electron chi connectivity index (χ1n) is 8.64. The number of rotatable bonds is 4. The van der Waals surface area contributed by atoms with Crippen molar-refractivity contribution >= 4 is 38.2 Å². The zero-order valence-corrected chi connectivity index (χ0v) is 16.3. The molecule has 4 rings (SSSR count). The number of hydrogen-bond acceptors (Lipinski definition) is 4. The Bertz CT molecular complexity index is 1180. The highest BCUT2D eigenvalue weighted by molar-refractivity contribution is 9.10. The summed E-state index contributed by atoms with van der Waals surface area (Å²) in [5, 5.41) is 8.75. The van der Waals surface area contributed by atoms with Crippen LogP contribution < -0.4 is 10.9 Å². The summed E-state index contributed by atoms with van der Waals surface area (Å²) in [4.78, 5) is 17.2. The molecule has 0 spiro atoms. The van der Waals surface area contributed by atoms with E-state index in [0.29, 0.717) is 12.2 Å². The van der Waals surface area contributed by atoms with Gasteiger partial charge in [-0.15, -0.1) is 0 Å². The third-order valence-electron chi connectivity index (χ3n) is 4.31. The van der Waals surface area contributed by atoms with Crippen molar-refractivity contribution in [2.75, 3.05) is 5.32 Å². The molecule has 0 bridgehead atoms. The zero-order valence-electron chi connectivity index (χ0n) is 14.7. The standard InChI is InChI=1S/C21H17BrN4O/c1-2-26-21(27)20(13-19(25-26)14-6-5-7-15(22)12-14)24-18-10-11-23-17-9-4-3-8-16(17)18/h3-13H,2H2,1H3,(H,23,24). The summed E-state index contributed by atoms with van der Waals surface area (Å²) in [6.07, 6.45) is 1.74. The van der Waals surface area contributed by atoms with E-state index in [9.17, 15) is 4.79 Å². The van der Waals surface area contributed by atoms with Gasteiger partial charge in [-0.2, -0.15) is 5.10 Å². The second kappa shape index (κ2) is 7.32. The van der Waals surface area contributed by atoms with Gasteiger partial charge >= 0.3 is 0 Å². The van der Waals surface area contributed by atoms with Gasteiger partial charge in [-0.05, 0) is 37.3 Å². The van der Waals surface area contributed by atoms with Gasteiger partial charge in [0.1, 0.15) is 5.69 Å². The largest absolute Gasteiger partial charge is 0.350 e. The van der Waals surface area contributed by atoms with Crippen LogP contribution in [0.2, 0.25) is 0 Å². The van der Waals surface area contributed by atoms with Gasteiger partial charge in [0.15, 0.2) is 0 Å². The van der Waals surface area contributed by atoms with Crippen LogP contribution in [0.15, 0.2) is 76.1 Å². The molecule has 6 heteroatoms. The molecule has 0 saturated heterocycles. The van der Waals surface area contributed by atoms with Crippen LogP contribution in [-0.2, 0) is 6.54 Å². The van der Waals surface area contributed by atoms with Gasteiger partial charge in [0.2, 0.25) is 0 Å². The van der Waals surface area contributed by atoms with Crippen LogP contribution in [0, 0.1) is 0 Å². The molecule has 2 heterocycles. The molecule has 0 fully saturated rings. The van der Waals surface area contributed by atoms with Crippen molar-refractivity contribution in [3.63, 3.8) is 0 Å². The number of nitrogens with one attached hydrogen (secondary N) is 1. The van der Waals surface area contributed by atoms with E-state index in [1.165, 1.54) is 4.68 Å². The Morgan fingerprint density at radius 1 is 1.04 bits per heavy atom. The predicted molar refractivity (Wildman–Crippen MR) is 112 cm³/mol. The first-order valence-corrected chi connectivity index (χ1v) is 9.44. The normalized spacial score (nSPS) is 10.9. The van der Waals surface area contributed by atoms with Gasteiger partial charge in [0.05, 0.1) is 11.2 Å². The number of benzene rings is 2. The van der Waals surface area contributed by atoms with Gasteiger partial charge in [-0.1, -0.05) is 46.3 Å². The maximum atomic E-state index is 12.8. The van der Waals surface area contributed by atoms with E-state index in [4.69, 9.17) is 0 Å². The fourth-order valence-electron chi connectivity index (χ4n) is 2.98. The van der Waals surface area contributed by atoms with E-state index in [1.807, 2.05) is 61.5 Å². The molecule has 0 radical (unpaired) electrons. The average molecular weight is 421 g/mol. The monoisotopic (exact) mass is 420 g/mol. The van der Waals surface area contributed by atoms with Gasteiger partial charge in [0, 0.05) is 33.9 Å². The predicted octanol–water partition coefficient (Wildman–Crippen LogP) is 4.98. The van der Waals surface area contributed by atoms with Crippen LogP contribution in [0.4, 0.5) is 11.4 Å². The van der Waals surface area contributed by atoms with Crippen molar-refractivity contribution in [2.24, 2.45) is 0 Å². The molecule has 0 atom stereocenters. The Balaban J connectivity index is 1.84. The second-order valence-corrected chi connectivity index (χ2v) is 6.99. The number of halogens is 1. The average Bonchev–Trinajstić information content (AvgIpc) is 2.70. The summed E-state index contributed by atoms with van der Waals surface area (Å²) in [7, 11) is 0. The van der Waals surface area contributed by atoms with E-state index in [1.54, 1.807) is 12.3 Å². The highest BCUT2D eigenvalue weighted by Crippen LogP contribution is 2.26. The van der Waals surface area contributed by atoms with E-state index >= 15 is 0 Å². The fourth-order valence-corrected chi connectivity index (χ4v) is 3.38. The van der Waals surface area contributed by atoms with Crippen molar-refractivity contribution in [2.45, 2.75) is 13.5 Å². The van der Waals surface area contributed by atoms with Crippen LogP contribution in [0.3, 0.4) is 0 Å². The molecule has 134 valence electrons. The molecular formula is C21H17BrN4O. The number of fused-ring (bicyclic) bond motifs is 1. The van der Waals surface area contributed by atoms with Crippen LogP contribution in [0.25, 0.3) is 22.2 Å². The smallest absolute Gasteiger partial charge is 0.290 e. The van der Waals surface area contributed by atoms with E-state index < -0.39 is 0 Å². The molecule has 4 aromatic rings. The lowest BCUT2D eigenvalue weighted by Crippen LogP contribution is -2.24. The van der Waals surface area contributed by atoms with E-state index in [0.717, 1.165) is 32.3 Å². The molecule has 27 heavy (non-hydrogen) atoms. The third-order valence-corrected chi connectivity index (χ3v) is 4.81. The minimum absolute atomic E-state index is 0.155. The zero-order chi connectivity index (χ0) is 18.8. The minimum Gasteiger partial charge on any atom is -0.350 e. The van der Waals surface area contributed by atoms with Crippen molar-refractivity contribution in [3.8, 4) is 11.3 Å². The molecule has 2 aromatic heterocycles. The molecule has 0 aliphatic carbocycles. The number of aryl methyl sites for hydroxylation is 1. The molecule has 0 saturated carbocycles. The lowest BCUT2D eigenvalue weighted by Gasteiger charge is -2.12. The Kier molecular flexibility index (Phi) is 4.73. The van der Waals surface area contributed by atoms with Crippen molar-refractivity contribution < 1.29 is 0 Å². The van der Waals surface area contributed by atoms with E-state index in [-0.39, 0.29) is 5.56 Å². The Morgan fingerprint density at radius 3 is 2.70 bits per heavy atom. The molecule has 0 aliphatic heterocycles. The van der Waals surface area contributed by atoms with Crippen molar-refractivity contribution in [3.05, 3.63) is 81.7 Å². The first-order chi connectivity index (χ1) is 13.2. The Morgan fingerprint density at radius 2 is 1.89 bits per heavy atom. The maximum absolute atomic E-state index is 12.8. The highest BCUT2D eigenvalue weighted by Gasteiger charge is 2.11. The molecule has 0 unspecified atom stereocenters. The number of hydrogen-bond donors (Lipinski definition) is 1. The number of aromatic nitrogens is 3. The summed E-state index contributed by atoms with van der Waals surface area (Å²) in [6.45, 7) is 2.40. The second-order valence-electron chi connectivity index (χ2n) is 6.08. The van der Waals surface area contributed by atoms with Crippen LogP contribution in [0.1, 0.15) is 6.92 Å². The van der Waals surface area contributed by atoms with Crippen LogP contribution >= 0.6 is 15.9 Å². The summed E-state index contributed by atoms with van der Waals surface area (Å²) < 4.78 is 2.44. The Labute approximate surface area is 164 Å². The molecule has 1 N–H and O–H groups in total. The number of pyridine rings is 1. The lowest BCUT2D eigenvalue weighted by atomic mass is 10.1. The van der Waals surface area contributed by atoms with Crippen molar-refractivity contribution in [1.29, 1.82) is 0 Å². The number of anilines is 2. The summed E-state index contributed by atoms with van der Waals surface area (Å²) >= 11 is 3.49.